The molecule has 1 fully saturated rings. The van der Waals surface area contributed by atoms with Gasteiger partial charge in [0.1, 0.15) is 0 Å². The molecule has 1 aliphatic rings. The number of benzene rings is 1. The third kappa shape index (κ3) is 3.67. The van der Waals surface area contributed by atoms with E-state index in [-0.39, 0.29) is 0 Å². The van der Waals surface area contributed by atoms with Gasteiger partial charge in [-0.25, -0.2) is 4.21 Å². The first kappa shape index (κ1) is 13.3. The number of rotatable bonds is 4. The lowest BCUT2D eigenvalue weighted by Crippen LogP contribution is -2.39. The summed E-state index contributed by atoms with van der Waals surface area (Å²) in [5, 5.41) is 0. The van der Waals surface area contributed by atoms with Crippen molar-refractivity contribution in [1.82, 2.24) is 4.83 Å². The first-order chi connectivity index (χ1) is 8.65. The van der Waals surface area contributed by atoms with E-state index in [0.29, 0.717) is 6.04 Å². The van der Waals surface area contributed by atoms with Gasteiger partial charge in [-0.05, 0) is 37.1 Å². The molecule has 1 atom stereocenters. The van der Waals surface area contributed by atoms with Crippen LogP contribution in [0.15, 0.2) is 24.3 Å². The highest BCUT2D eigenvalue weighted by atomic mass is 32.2. The van der Waals surface area contributed by atoms with Gasteiger partial charge in [-0.1, -0.05) is 0 Å². The Morgan fingerprint density at radius 2 is 1.89 bits per heavy atom. The van der Waals surface area contributed by atoms with Gasteiger partial charge in [0.25, 0.3) is 0 Å². The zero-order valence-electron chi connectivity index (χ0n) is 10.0. The molecule has 1 aromatic carbocycles. The first-order valence-corrected chi connectivity index (χ1v) is 6.99. The minimum Gasteiger partial charge on any atom is -0.371 e. The molecule has 0 spiro atoms. The topological polar surface area (TPSA) is 90.6 Å². The predicted molar refractivity (Wildman–Crippen MR) is 73.4 cm³/mol. The van der Waals surface area contributed by atoms with Crippen LogP contribution in [0.1, 0.15) is 12.8 Å². The molecule has 1 aliphatic heterocycles. The summed E-state index contributed by atoms with van der Waals surface area (Å²) < 4.78 is 19.0. The minimum absolute atomic E-state index is 0.325. The molecule has 7 heteroatoms. The van der Waals surface area contributed by atoms with Crippen molar-refractivity contribution in [3.05, 3.63) is 24.3 Å². The molecule has 6 nitrogen and oxygen atoms in total. The number of anilines is 2. The van der Waals surface area contributed by atoms with Gasteiger partial charge in [0.05, 0.1) is 0 Å². The summed E-state index contributed by atoms with van der Waals surface area (Å²) in [5.41, 5.74) is 10.4. The molecular weight excluding hydrogens is 252 g/mol. The second kappa shape index (κ2) is 6.14. The normalized spacial score (nSPS) is 18.7. The summed E-state index contributed by atoms with van der Waals surface area (Å²) in [6, 6.07) is 8.03. The second-order valence-electron chi connectivity index (χ2n) is 4.35. The van der Waals surface area contributed by atoms with Crippen molar-refractivity contribution in [1.29, 1.82) is 0 Å². The standard InChI is InChI=1S/C11H18N4O2S/c12-9-5-7-15(8-6-9)11-3-1-10(2-4-11)13-14-18(16)17/h1-4,9,13-14H,5-8,12H2,(H,16,17). The van der Waals surface area contributed by atoms with E-state index < -0.39 is 11.3 Å². The maximum atomic E-state index is 10.4. The van der Waals surface area contributed by atoms with Crippen molar-refractivity contribution >= 4 is 22.6 Å². The van der Waals surface area contributed by atoms with Gasteiger partial charge in [-0.3, -0.25) is 4.55 Å². The maximum Gasteiger partial charge on any atom is 0.250 e. The van der Waals surface area contributed by atoms with Gasteiger partial charge < -0.3 is 16.1 Å². The van der Waals surface area contributed by atoms with E-state index in [1.165, 1.54) is 0 Å². The van der Waals surface area contributed by atoms with Crippen LogP contribution in [-0.2, 0) is 11.3 Å². The van der Waals surface area contributed by atoms with Crippen molar-refractivity contribution in [2.24, 2.45) is 5.73 Å². The Morgan fingerprint density at radius 1 is 1.28 bits per heavy atom. The number of hydrogen-bond donors (Lipinski definition) is 4. The summed E-state index contributed by atoms with van der Waals surface area (Å²) in [6.45, 7) is 1.96. The molecule has 1 heterocycles. The van der Waals surface area contributed by atoms with E-state index in [4.69, 9.17) is 10.3 Å². The fourth-order valence-electron chi connectivity index (χ4n) is 2.02. The highest BCUT2D eigenvalue weighted by Gasteiger charge is 2.15. The molecule has 1 aromatic rings. The Hall–Kier alpha value is -1.15. The molecule has 100 valence electrons. The lowest BCUT2D eigenvalue weighted by Gasteiger charge is -2.32. The summed E-state index contributed by atoms with van der Waals surface area (Å²) in [4.78, 5) is 4.51. The fraction of sp³-hybridized carbons (Fsp3) is 0.455. The van der Waals surface area contributed by atoms with Gasteiger partial charge in [0, 0.05) is 30.5 Å². The summed E-state index contributed by atoms with van der Waals surface area (Å²) >= 11 is -2.07. The Bertz CT molecular complexity index is 404. The molecule has 2 rings (SSSR count). The number of piperidine rings is 1. The van der Waals surface area contributed by atoms with Crippen LogP contribution in [0, 0.1) is 0 Å². The molecule has 0 aliphatic carbocycles. The zero-order valence-corrected chi connectivity index (χ0v) is 10.8. The summed E-state index contributed by atoms with van der Waals surface area (Å²) in [6.07, 6.45) is 2.04. The van der Waals surface area contributed by atoms with E-state index in [0.717, 1.165) is 37.3 Å². The van der Waals surface area contributed by atoms with Crippen LogP contribution in [0.5, 0.6) is 0 Å². The van der Waals surface area contributed by atoms with Crippen LogP contribution in [-0.4, -0.2) is 27.9 Å². The molecule has 0 bridgehead atoms. The van der Waals surface area contributed by atoms with E-state index >= 15 is 0 Å². The van der Waals surface area contributed by atoms with Gasteiger partial charge in [0.15, 0.2) is 0 Å². The van der Waals surface area contributed by atoms with E-state index in [1.807, 2.05) is 24.3 Å². The highest BCUT2D eigenvalue weighted by molar-refractivity contribution is 7.77. The molecule has 0 saturated carbocycles. The monoisotopic (exact) mass is 270 g/mol. The summed E-state index contributed by atoms with van der Waals surface area (Å²) in [7, 11) is 0. The third-order valence-corrected chi connectivity index (χ3v) is 3.33. The Balaban J connectivity index is 1.93. The van der Waals surface area contributed by atoms with Gasteiger partial charge in [-0.2, -0.15) is 0 Å². The van der Waals surface area contributed by atoms with Crippen LogP contribution < -0.4 is 20.9 Å². The van der Waals surface area contributed by atoms with Crippen LogP contribution in [0.2, 0.25) is 0 Å². The van der Waals surface area contributed by atoms with Crippen LogP contribution in [0.25, 0.3) is 0 Å². The van der Waals surface area contributed by atoms with Crippen LogP contribution >= 0.6 is 0 Å². The Kier molecular flexibility index (Phi) is 4.54. The lowest BCUT2D eigenvalue weighted by molar-refractivity contribution is 0.501. The highest BCUT2D eigenvalue weighted by Crippen LogP contribution is 2.21. The fourth-order valence-corrected chi connectivity index (χ4v) is 2.22. The summed E-state index contributed by atoms with van der Waals surface area (Å²) in [5.74, 6) is 0. The molecule has 1 unspecified atom stereocenters. The van der Waals surface area contributed by atoms with Crippen molar-refractivity contribution in [2.45, 2.75) is 18.9 Å². The second-order valence-corrected chi connectivity index (χ2v) is 5.05. The number of nitrogens with two attached hydrogens (primary N) is 1. The number of nitrogens with zero attached hydrogens (tertiary/aromatic N) is 1. The largest absolute Gasteiger partial charge is 0.371 e. The molecule has 0 aromatic heterocycles. The molecule has 18 heavy (non-hydrogen) atoms. The molecule has 0 amide bonds. The van der Waals surface area contributed by atoms with Gasteiger partial charge in [0.2, 0.25) is 11.3 Å². The molecular formula is C11H18N4O2S. The van der Waals surface area contributed by atoms with E-state index in [2.05, 4.69) is 15.2 Å². The molecule has 1 saturated heterocycles. The maximum absolute atomic E-state index is 10.4. The number of hydrogen-bond acceptors (Lipinski definition) is 4. The van der Waals surface area contributed by atoms with Gasteiger partial charge in [-0.15, -0.1) is 4.83 Å². The quantitative estimate of drug-likeness (QED) is 0.477. The van der Waals surface area contributed by atoms with Crippen molar-refractivity contribution in [3.8, 4) is 0 Å². The average molecular weight is 270 g/mol. The minimum atomic E-state index is -2.07. The number of hydrazine groups is 1. The van der Waals surface area contributed by atoms with Crippen LogP contribution in [0.4, 0.5) is 11.4 Å². The number of nitrogens with one attached hydrogen (secondary N) is 2. The van der Waals surface area contributed by atoms with Crippen molar-refractivity contribution in [3.63, 3.8) is 0 Å². The SMILES string of the molecule is NC1CCN(c2ccc(NNS(=O)O)cc2)CC1. The Labute approximate surface area is 109 Å². The first-order valence-electron chi connectivity index (χ1n) is 5.88. The predicted octanol–water partition coefficient (Wildman–Crippen LogP) is 0.667. The van der Waals surface area contributed by atoms with E-state index in [1.54, 1.807) is 0 Å². The third-order valence-electron chi connectivity index (χ3n) is 3.05. The molecule has 5 N–H and O–H groups in total. The van der Waals surface area contributed by atoms with Crippen molar-refractivity contribution in [2.75, 3.05) is 23.4 Å². The van der Waals surface area contributed by atoms with E-state index in [9.17, 15) is 4.21 Å². The Morgan fingerprint density at radius 3 is 2.44 bits per heavy atom. The van der Waals surface area contributed by atoms with Gasteiger partial charge >= 0.3 is 0 Å². The lowest BCUT2D eigenvalue weighted by atomic mass is 10.1. The zero-order chi connectivity index (χ0) is 13.0. The average Bonchev–Trinajstić information content (AvgIpc) is 2.38. The van der Waals surface area contributed by atoms with Crippen LogP contribution in [0.3, 0.4) is 0 Å². The molecule has 0 radical (unpaired) electrons. The van der Waals surface area contributed by atoms with Crippen molar-refractivity contribution < 1.29 is 8.76 Å². The smallest absolute Gasteiger partial charge is 0.250 e.